The molecule has 0 unspecified atom stereocenters. The number of nitrogens with one attached hydrogen (secondary N) is 2. The highest BCUT2D eigenvalue weighted by Crippen LogP contribution is 2.30. The molecule has 0 aliphatic carbocycles. The highest BCUT2D eigenvalue weighted by atomic mass is 79.9. The van der Waals surface area contributed by atoms with Gasteiger partial charge in [-0.3, -0.25) is 9.59 Å². The van der Waals surface area contributed by atoms with Gasteiger partial charge in [0.2, 0.25) is 0 Å². The van der Waals surface area contributed by atoms with E-state index in [1.807, 2.05) is 30.3 Å². The van der Waals surface area contributed by atoms with E-state index in [1.165, 1.54) is 6.21 Å². The molecular weight excluding hydrogens is 554 g/mol. The molecule has 0 saturated heterocycles. The second-order valence-corrected chi connectivity index (χ2v) is 8.66. The van der Waals surface area contributed by atoms with Crippen LogP contribution < -0.4 is 15.5 Å². The lowest BCUT2D eigenvalue weighted by atomic mass is 10.2. The van der Waals surface area contributed by atoms with Gasteiger partial charge < -0.3 is 14.5 Å². The molecule has 0 aliphatic rings. The molecule has 0 saturated carbocycles. The Labute approximate surface area is 206 Å². The Kier molecular flexibility index (Phi) is 7.21. The molecule has 7 nitrogen and oxygen atoms in total. The number of hydrogen-bond donors (Lipinski definition) is 2. The number of amides is 2. The van der Waals surface area contributed by atoms with E-state index in [4.69, 9.17) is 9.15 Å². The first-order valence-electron chi connectivity index (χ1n) is 9.78. The maximum absolute atomic E-state index is 12.3. The number of ether oxygens (including phenoxy) is 1. The molecule has 4 rings (SSSR count). The maximum Gasteiger partial charge on any atom is 0.307 e. The molecule has 0 bridgehead atoms. The van der Waals surface area contributed by atoms with Gasteiger partial charge >= 0.3 is 5.91 Å². The summed E-state index contributed by atoms with van der Waals surface area (Å²) in [6, 6.07) is 21.5. The molecule has 0 fully saturated rings. The third-order valence-electron chi connectivity index (χ3n) is 4.45. The van der Waals surface area contributed by atoms with E-state index in [-0.39, 0.29) is 18.3 Å². The minimum Gasteiger partial charge on any atom is -0.484 e. The minimum atomic E-state index is -0.463. The van der Waals surface area contributed by atoms with Gasteiger partial charge in [0.1, 0.15) is 11.3 Å². The van der Waals surface area contributed by atoms with Crippen LogP contribution in [-0.4, -0.2) is 24.6 Å². The van der Waals surface area contributed by atoms with Gasteiger partial charge in [0.15, 0.2) is 12.4 Å². The molecule has 0 aliphatic heterocycles. The molecule has 0 radical (unpaired) electrons. The number of benzene rings is 3. The van der Waals surface area contributed by atoms with E-state index >= 15 is 0 Å². The predicted molar refractivity (Wildman–Crippen MR) is 134 cm³/mol. The molecule has 4 aromatic rings. The zero-order chi connectivity index (χ0) is 23.2. The van der Waals surface area contributed by atoms with E-state index in [1.54, 1.807) is 42.5 Å². The fraction of sp³-hybridized carbons (Fsp3) is 0.0417. The third kappa shape index (κ3) is 6.09. The van der Waals surface area contributed by atoms with E-state index in [2.05, 4.69) is 47.7 Å². The average Bonchev–Trinajstić information content (AvgIpc) is 3.24. The number of anilines is 1. The fourth-order valence-electron chi connectivity index (χ4n) is 2.93. The summed E-state index contributed by atoms with van der Waals surface area (Å²) in [5.74, 6) is -0.0220. The van der Waals surface area contributed by atoms with E-state index in [9.17, 15) is 9.59 Å². The highest BCUT2D eigenvalue weighted by Gasteiger charge is 2.14. The van der Waals surface area contributed by atoms with E-state index in [0.29, 0.717) is 17.0 Å². The lowest BCUT2D eigenvalue weighted by Crippen LogP contribution is -2.20. The quantitative estimate of drug-likeness (QED) is 0.219. The van der Waals surface area contributed by atoms with Crippen LogP contribution in [0.3, 0.4) is 0 Å². The van der Waals surface area contributed by atoms with Crippen LogP contribution in [0.5, 0.6) is 5.75 Å². The van der Waals surface area contributed by atoms with Crippen LogP contribution in [0.15, 0.2) is 91.3 Å². The second-order valence-electron chi connectivity index (χ2n) is 6.89. The Morgan fingerprint density at radius 3 is 2.52 bits per heavy atom. The summed E-state index contributed by atoms with van der Waals surface area (Å²) in [6.07, 6.45) is 1.50. The Morgan fingerprint density at radius 2 is 1.76 bits per heavy atom. The van der Waals surface area contributed by atoms with Crippen molar-refractivity contribution in [2.24, 2.45) is 5.10 Å². The van der Waals surface area contributed by atoms with Gasteiger partial charge in [-0.25, -0.2) is 5.43 Å². The molecular formula is C24H17Br2N3O4. The van der Waals surface area contributed by atoms with Crippen molar-refractivity contribution in [3.63, 3.8) is 0 Å². The summed E-state index contributed by atoms with van der Waals surface area (Å²) in [5, 5.41) is 7.51. The summed E-state index contributed by atoms with van der Waals surface area (Å²) < 4.78 is 12.7. The van der Waals surface area contributed by atoms with Crippen molar-refractivity contribution >= 4 is 66.5 Å². The molecule has 9 heteroatoms. The van der Waals surface area contributed by atoms with E-state index < -0.39 is 5.91 Å². The summed E-state index contributed by atoms with van der Waals surface area (Å²) in [4.78, 5) is 24.3. The van der Waals surface area contributed by atoms with Gasteiger partial charge in [-0.15, -0.1) is 0 Å². The van der Waals surface area contributed by atoms with Crippen molar-refractivity contribution in [1.82, 2.24) is 5.43 Å². The standard InChI is InChI=1S/C24H17Br2N3O4/c25-17-10-16-11-21(33-23(16)20(26)12-17)24(31)29-27-13-15-6-8-19(9-7-15)32-14-22(30)28-18-4-2-1-3-5-18/h1-13H,14H2,(H,28,30)(H,29,31)/b27-13-. The van der Waals surface area contributed by atoms with Gasteiger partial charge in [0.25, 0.3) is 5.91 Å². The van der Waals surface area contributed by atoms with Gasteiger partial charge in [-0.1, -0.05) is 34.1 Å². The van der Waals surface area contributed by atoms with Crippen molar-refractivity contribution in [3.8, 4) is 5.75 Å². The molecule has 3 aromatic carbocycles. The Morgan fingerprint density at radius 1 is 1.00 bits per heavy atom. The molecule has 0 spiro atoms. The zero-order valence-electron chi connectivity index (χ0n) is 17.0. The molecule has 2 N–H and O–H groups in total. The summed E-state index contributed by atoms with van der Waals surface area (Å²) in [5.41, 5.74) is 4.48. The summed E-state index contributed by atoms with van der Waals surface area (Å²) in [6.45, 7) is -0.109. The number of halogens is 2. The number of hydrogen-bond acceptors (Lipinski definition) is 5. The Bertz CT molecular complexity index is 1320. The van der Waals surface area contributed by atoms with Crippen LogP contribution in [0, 0.1) is 0 Å². The highest BCUT2D eigenvalue weighted by molar-refractivity contribution is 9.11. The zero-order valence-corrected chi connectivity index (χ0v) is 20.2. The molecule has 166 valence electrons. The van der Waals surface area contributed by atoms with E-state index in [0.717, 1.165) is 19.9 Å². The summed E-state index contributed by atoms with van der Waals surface area (Å²) in [7, 11) is 0. The normalized spacial score (nSPS) is 11.0. The number of carbonyl (C=O) groups excluding carboxylic acids is 2. The number of fused-ring (bicyclic) bond motifs is 1. The Hall–Kier alpha value is -3.43. The molecule has 2 amide bonds. The lowest BCUT2D eigenvalue weighted by molar-refractivity contribution is -0.118. The van der Waals surface area contributed by atoms with Crippen molar-refractivity contribution in [2.45, 2.75) is 0 Å². The smallest absolute Gasteiger partial charge is 0.307 e. The lowest BCUT2D eigenvalue weighted by Gasteiger charge is -2.07. The first-order chi connectivity index (χ1) is 16.0. The van der Waals surface area contributed by atoms with Crippen LogP contribution >= 0.6 is 31.9 Å². The van der Waals surface area contributed by atoms with Crippen LogP contribution in [0.25, 0.3) is 11.0 Å². The number of furan rings is 1. The number of nitrogens with zero attached hydrogens (tertiary/aromatic N) is 1. The first kappa shape index (κ1) is 22.8. The van der Waals surface area contributed by atoms with Gasteiger partial charge in [-0.2, -0.15) is 5.10 Å². The summed E-state index contributed by atoms with van der Waals surface area (Å²) >= 11 is 6.82. The van der Waals surface area contributed by atoms with Crippen LogP contribution in [0.2, 0.25) is 0 Å². The molecule has 1 aromatic heterocycles. The van der Waals surface area contributed by atoms with Crippen LogP contribution in [0.1, 0.15) is 16.1 Å². The van der Waals surface area contributed by atoms with Crippen molar-refractivity contribution < 1.29 is 18.7 Å². The molecule has 33 heavy (non-hydrogen) atoms. The Balaban J connectivity index is 1.29. The average molecular weight is 571 g/mol. The number of carbonyl (C=O) groups is 2. The van der Waals surface area contributed by atoms with Gasteiger partial charge in [0, 0.05) is 15.5 Å². The number of hydrazone groups is 1. The van der Waals surface area contributed by atoms with Crippen molar-refractivity contribution in [1.29, 1.82) is 0 Å². The minimum absolute atomic E-state index is 0.109. The van der Waals surface area contributed by atoms with Crippen molar-refractivity contribution in [2.75, 3.05) is 11.9 Å². The number of para-hydroxylation sites is 1. The van der Waals surface area contributed by atoms with Gasteiger partial charge in [0.05, 0.1) is 10.7 Å². The molecule has 1 heterocycles. The largest absolute Gasteiger partial charge is 0.484 e. The maximum atomic E-state index is 12.3. The van der Waals surface area contributed by atoms with Crippen LogP contribution in [0.4, 0.5) is 5.69 Å². The monoisotopic (exact) mass is 569 g/mol. The van der Waals surface area contributed by atoms with Crippen LogP contribution in [-0.2, 0) is 4.79 Å². The molecule has 0 atom stereocenters. The predicted octanol–water partition coefficient (Wildman–Crippen LogP) is 5.74. The fourth-order valence-corrected chi connectivity index (χ4v) is 4.27. The second kappa shape index (κ2) is 10.5. The first-order valence-corrected chi connectivity index (χ1v) is 11.4. The SMILES string of the molecule is O=C(COc1ccc(/C=N\NC(=O)c2cc3cc(Br)cc(Br)c3o2)cc1)Nc1ccccc1. The topological polar surface area (TPSA) is 92.9 Å². The third-order valence-corrected chi connectivity index (χ3v) is 5.49. The van der Waals surface area contributed by atoms with Crippen molar-refractivity contribution in [3.05, 3.63) is 93.1 Å². The number of rotatable bonds is 7. The van der Waals surface area contributed by atoms with Gasteiger partial charge in [-0.05, 0) is 76.1 Å².